The lowest BCUT2D eigenvalue weighted by Crippen LogP contribution is -2.29. The fraction of sp³-hybridized carbons (Fsp3) is 0.353. The third-order valence-corrected chi connectivity index (χ3v) is 5.26. The van der Waals surface area contributed by atoms with Gasteiger partial charge in [0.05, 0.1) is 10.7 Å². The minimum Gasteiger partial charge on any atom is -0.357 e. The lowest BCUT2D eigenvalue weighted by molar-refractivity contribution is 0.0781. The van der Waals surface area contributed by atoms with Crippen molar-refractivity contribution in [2.24, 2.45) is 13.0 Å². The van der Waals surface area contributed by atoms with E-state index in [0.717, 1.165) is 42.2 Å². The maximum atomic E-state index is 12.7. The summed E-state index contributed by atoms with van der Waals surface area (Å²) in [6, 6.07) is 3.83. The van der Waals surface area contributed by atoms with Crippen molar-refractivity contribution in [2.45, 2.75) is 12.8 Å². The summed E-state index contributed by atoms with van der Waals surface area (Å²) in [4.78, 5) is 18.9. The van der Waals surface area contributed by atoms with Crippen LogP contribution in [0, 0.1) is 5.92 Å². The second kappa shape index (κ2) is 6.24. The monoisotopic (exact) mass is 341 g/mol. The molecule has 1 fully saturated rings. The van der Waals surface area contributed by atoms with E-state index in [1.54, 1.807) is 11.3 Å². The molecule has 1 amide bonds. The summed E-state index contributed by atoms with van der Waals surface area (Å²) in [6.45, 7) is 1.59. The lowest BCUT2D eigenvalue weighted by atomic mass is 10.1. The normalized spacial score (nSPS) is 17.5. The van der Waals surface area contributed by atoms with Crippen molar-refractivity contribution >= 4 is 17.2 Å². The smallest absolute Gasteiger partial charge is 0.271 e. The molecular formula is C17H19N5OS. The number of aromatic amines is 1. The second-order valence-electron chi connectivity index (χ2n) is 6.27. The van der Waals surface area contributed by atoms with Crippen molar-refractivity contribution < 1.29 is 4.79 Å². The highest BCUT2D eigenvalue weighted by molar-refractivity contribution is 7.09. The molecule has 7 heteroatoms. The molecule has 0 saturated carbocycles. The van der Waals surface area contributed by atoms with Crippen LogP contribution in [0.5, 0.6) is 0 Å². The molecule has 0 spiro atoms. The van der Waals surface area contributed by atoms with E-state index >= 15 is 0 Å². The zero-order valence-electron chi connectivity index (χ0n) is 13.5. The number of carbonyl (C=O) groups excluding carboxylic acids is 1. The molecule has 3 aromatic rings. The van der Waals surface area contributed by atoms with Crippen LogP contribution < -0.4 is 0 Å². The summed E-state index contributed by atoms with van der Waals surface area (Å²) in [7, 11) is 1.97. The number of amides is 1. The topological polar surface area (TPSA) is 66.8 Å². The number of nitrogens with zero attached hydrogens (tertiary/aromatic N) is 4. The van der Waals surface area contributed by atoms with Crippen molar-refractivity contribution in [1.82, 2.24) is 24.6 Å². The third-order valence-electron chi connectivity index (χ3n) is 4.46. The molecule has 1 aliphatic rings. The first-order chi connectivity index (χ1) is 11.7. The highest BCUT2D eigenvalue weighted by Crippen LogP contribution is 2.24. The van der Waals surface area contributed by atoms with Gasteiger partial charge in [-0.25, -0.2) is 4.98 Å². The Morgan fingerprint density at radius 1 is 1.50 bits per heavy atom. The Morgan fingerprint density at radius 2 is 2.42 bits per heavy atom. The molecule has 0 radical (unpaired) electrons. The average Bonchev–Trinajstić information content (AvgIpc) is 3.35. The highest BCUT2D eigenvalue weighted by atomic mass is 32.1. The number of aryl methyl sites for hydroxylation is 1. The summed E-state index contributed by atoms with van der Waals surface area (Å²) < 4.78 is 1.97. The molecule has 6 nitrogen and oxygen atoms in total. The Kier molecular flexibility index (Phi) is 3.93. The van der Waals surface area contributed by atoms with E-state index < -0.39 is 0 Å². The summed E-state index contributed by atoms with van der Waals surface area (Å²) in [5.74, 6) is 0.530. The molecule has 1 aliphatic heterocycles. The first-order valence-corrected chi connectivity index (χ1v) is 8.92. The van der Waals surface area contributed by atoms with E-state index in [4.69, 9.17) is 0 Å². The number of carbonyl (C=O) groups is 1. The second-order valence-corrected chi connectivity index (χ2v) is 7.25. The number of hydrogen-bond acceptors (Lipinski definition) is 4. The van der Waals surface area contributed by atoms with E-state index in [9.17, 15) is 4.79 Å². The fourth-order valence-corrected chi connectivity index (χ4v) is 3.92. The molecule has 0 aromatic carbocycles. The van der Waals surface area contributed by atoms with Gasteiger partial charge in [0, 0.05) is 56.1 Å². The van der Waals surface area contributed by atoms with Gasteiger partial charge in [0.2, 0.25) is 0 Å². The predicted molar refractivity (Wildman–Crippen MR) is 92.8 cm³/mol. The molecule has 1 N–H and O–H groups in total. The number of hydrogen-bond donors (Lipinski definition) is 1. The van der Waals surface area contributed by atoms with Crippen LogP contribution in [0.4, 0.5) is 0 Å². The van der Waals surface area contributed by atoms with Crippen LogP contribution in [0.3, 0.4) is 0 Å². The van der Waals surface area contributed by atoms with Crippen LogP contribution in [0.1, 0.15) is 21.9 Å². The van der Waals surface area contributed by atoms with E-state index in [-0.39, 0.29) is 5.91 Å². The zero-order chi connectivity index (χ0) is 16.5. The summed E-state index contributed by atoms with van der Waals surface area (Å²) in [6.07, 6.45) is 7.79. The highest BCUT2D eigenvalue weighted by Gasteiger charge is 2.28. The summed E-state index contributed by atoms with van der Waals surface area (Å²) >= 11 is 1.69. The van der Waals surface area contributed by atoms with Gasteiger partial charge in [-0.15, -0.1) is 11.3 Å². The van der Waals surface area contributed by atoms with Crippen molar-refractivity contribution in [3.63, 3.8) is 0 Å². The van der Waals surface area contributed by atoms with Gasteiger partial charge < -0.3 is 9.47 Å². The number of rotatable bonds is 4. The lowest BCUT2D eigenvalue weighted by Gasteiger charge is -2.15. The van der Waals surface area contributed by atoms with Crippen LogP contribution in [0.25, 0.3) is 11.3 Å². The SMILES string of the molecule is Cn1ccc(-c2cc(C(=O)N3CCC(Cc4nccs4)C3)[nH]n2)c1. The van der Waals surface area contributed by atoms with E-state index in [1.807, 2.05) is 52.6 Å². The van der Waals surface area contributed by atoms with Crippen molar-refractivity contribution in [3.05, 3.63) is 46.8 Å². The molecule has 0 bridgehead atoms. The molecule has 3 aromatic heterocycles. The Morgan fingerprint density at radius 3 is 3.17 bits per heavy atom. The Hall–Kier alpha value is -2.41. The number of thiazole rings is 1. The third kappa shape index (κ3) is 2.99. The Balaban J connectivity index is 1.42. The van der Waals surface area contributed by atoms with Crippen LogP contribution in [-0.4, -0.2) is 43.6 Å². The quantitative estimate of drug-likeness (QED) is 0.793. The fourth-order valence-electron chi connectivity index (χ4n) is 3.19. The maximum Gasteiger partial charge on any atom is 0.271 e. The minimum absolute atomic E-state index is 0.0336. The summed E-state index contributed by atoms with van der Waals surface area (Å²) in [5, 5.41) is 10.3. The van der Waals surface area contributed by atoms with Crippen molar-refractivity contribution in [1.29, 1.82) is 0 Å². The Labute approximate surface area is 144 Å². The molecule has 1 saturated heterocycles. The van der Waals surface area contributed by atoms with Gasteiger partial charge >= 0.3 is 0 Å². The first-order valence-electron chi connectivity index (χ1n) is 8.04. The Bertz CT molecular complexity index is 835. The molecule has 0 aliphatic carbocycles. The number of aromatic nitrogens is 4. The minimum atomic E-state index is 0.0336. The van der Waals surface area contributed by atoms with E-state index in [2.05, 4.69) is 15.2 Å². The number of likely N-dealkylation sites (tertiary alicyclic amines) is 1. The molecule has 1 unspecified atom stereocenters. The van der Waals surface area contributed by atoms with Crippen LogP contribution >= 0.6 is 11.3 Å². The standard InChI is InChI=1S/C17H19N5OS/c1-21-5-3-13(11-21)14-9-15(20-19-14)17(23)22-6-2-12(10-22)8-16-18-4-7-24-16/h3-5,7,9,11-12H,2,6,8,10H2,1H3,(H,19,20). The largest absolute Gasteiger partial charge is 0.357 e. The molecule has 4 rings (SSSR count). The van der Waals surface area contributed by atoms with Crippen LogP contribution in [-0.2, 0) is 13.5 Å². The van der Waals surface area contributed by atoms with Gasteiger partial charge in [0.15, 0.2) is 0 Å². The van der Waals surface area contributed by atoms with Crippen LogP contribution in [0.2, 0.25) is 0 Å². The average molecular weight is 341 g/mol. The van der Waals surface area contributed by atoms with Crippen molar-refractivity contribution in [3.8, 4) is 11.3 Å². The molecule has 124 valence electrons. The number of H-pyrrole nitrogens is 1. The molecule has 4 heterocycles. The van der Waals surface area contributed by atoms with Gasteiger partial charge in [0.25, 0.3) is 5.91 Å². The van der Waals surface area contributed by atoms with Gasteiger partial charge in [-0.1, -0.05) is 0 Å². The molecule has 1 atom stereocenters. The van der Waals surface area contributed by atoms with Gasteiger partial charge in [-0.3, -0.25) is 9.89 Å². The van der Waals surface area contributed by atoms with Crippen LogP contribution in [0.15, 0.2) is 36.1 Å². The first kappa shape index (κ1) is 15.1. The van der Waals surface area contributed by atoms with E-state index in [1.165, 1.54) is 0 Å². The number of nitrogens with one attached hydrogen (secondary N) is 1. The zero-order valence-corrected chi connectivity index (χ0v) is 14.3. The van der Waals surface area contributed by atoms with Gasteiger partial charge in [-0.05, 0) is 24.5 Å². The molecular weight excluding hydrogens is 322 g/mol. The van der Waals surface area contributed by atoms with Crippen molar-refractivity contribution in [2.75, 3.05) is 13.1 Å². The van der Waals surface area contributed by atoms with Gasteiger partial charge in [-0.2, -0.15) is 5.10 Å². The summed E-state index contributed by atoms with van der Waals surface area (Å²) in [5.41, 5.74) is 2.37. The van der Waals surface area contributed by atoms with Gasteiger partial charge in [0.1, 0.15) is 5.69 Å². The predicted octanol–water partition coefficient (Wildman–Crippen LogP) is 2.58. The van der Waals surface area contributed by atoms with E-state index in [0.29, 0.717) is 11.6 Å². The maximum absolute atomic E-state index is 12.7. The molecule has 24 heavy (non-hydrogen) atoms.